The van der Waals surface area contributed by atoms with E-state index in [9.17, 15) is 13.2 Å². The minimum atomic E-state index is -3.31. The summed E-state index contributed by atoms with van der Waals surface area (Å²) in [6.45, 7) is 8.14. The fourth-order valence-electron chi connectivity index (χ4n) is 2.56. The molecule has 0 aliphatic carbocycles. The SMILES string of the molecule is C=CCn1c(=NC(=O)c2ccn(C(C)C)n2)sc2cc(S(C)(=O)=O)ccc21. The van der Waals surface area contributed by atoms with Crippen molar-refractivity contribution in [3.05, 3.63) is 53.6 Å². The van der Waals surface area contributed by atoms with E-state index in [0.29, 0.717) is 11.3 Å². The first-order valence-electron chi connectivity index (χ1n) is 8.29. The highest BCUT2D eigenvalue weighted by Gasteiger charge is 2.14. The Hall–Kier alpha value is -2.52. The standard InChI is InChI=1S/C18H20N4O3S2/c1-5-9-21-15-7-6-13(27(4,24)25)11-16(15)26-18(21)19-17(23)14-8-10-22(20-14)12(2)3/h5-8,10-12H,1,9H2,2-4H3. The molecule has 142 valence electrons. The molecule has 0 spiro atoms. The van der Waals surface area contributed by atoms with Gasteiger partial charge in [-0.1, -0.05) is 17.4 Å². The van der Waals surface area contributed by atoms with Crippen molar-refractivity contribution in [1.82, 2.24) is 14.3 Å². The molecule has 3 aromatic rings. The fraction of sp³-hybridized carbons (Fsp3) is 0.278. The van der Waals surface area contributed by atoms with Crippen molar-refractivity contribution in [3.8, 4) is 0 Å². The van der Waals surface area contributed by atoms with E-state index >= 15 is 0 Å². The van der Waals surface area contributed by atoms with Crippen molar-refractivity contribution in [3.63, 3.8) is 0 Å². The molecule has 0 saturated heterocycles. The van der Waals surface area contributed by atoms with Gasteiger partial charge in [0.1, 0.15) is 0 Å². The molecular weight excluding hydrogens is 384 g/mol. The Balaban J connectivity index is 2.13. The highest BCUT2D eigenvalue weighted by molar-refractivity contribution is 7.90. The van der Waals surface area contributed by atoms with Gasteiger partial charge in [0.05, 0.1) is 15.1 Å². The normalized spacial score (nSPS) is 12.8. The smallest absolute Gasteiger partial charge is 0.300 e. The van der Waals surface area contributed by atoms with Crippen LogP contribution in [0.1, 0.15) is 30.4 Å². The number of aromatic nitrogens is 3. The Kier molecular flexibility index (Phi) is 5.16. The second-order valence-corrected chi connectivity index (χ2v) is 9.40. The van der Waals surface area contributed by atoms with Gasteiger partial charge in [-0.3, -0.25) is 9.48 Å². The quantitative estimate of drug-likeness (QED) is 0.612. The number of nitrogens with zero attached hydrogens (tertiary/aromatic N) is 4. The Labute approximate surface area is 161 Å². The first kappa shape index (κ1) is 19.2. The number of sulfone groups is 1. The summed E-state index contributed by atoms with van der Waals surface area (Å²) in [5.41, 5.74) is 1.06. The predicted molar refractivity (Wildman–Crippen MR) is 106 cm³/mol. The number of rotatable bonds is 5. The summed E-state index contributed by atoms with van der Waals surface area (Å²) in [6, 6.07) is 6.67. The van der Waals surface area contributed by atoms with Crippen LogP contribution in [-0.4, -0.2) is 34.9 Å². The van der Waals surface area contributed by atoms with Gasteiger partial charge < -0.3 is 4.57 Å². The summed E-state index contributed by atoms with van der Waals surface area (Å²) in [4.78, 5) is 17.5. The average Bonchev–Trinajstić information content (AvgIpc) is 3.20. The predicted octanol–water partition coefficient (Wildman–Crippen LogP) is 2.81. The Morgan fingerprint density at radius 1 is 1.37 bits per heavy atom. The van der Waals surface area contributed by atoms with Crippen molar-refractivity contribution in [1.29, 1.82) is 0 Å². The molecule has 0 fully saturated rings. The lowest BCUT2D eigenvalue weighted by Gasteiger charge is -2.03. The van der Waals surface area contributed by atoms with Crippen LogP contribution in [0.4, 0.5) is 0 Å². The van der Waals surface area contributed by atoms with Crippen LogP contribution in [0, 0.1) is 0 Å². The van der Waals surface area contributed by atoms with Crippen molar-refractivity contribution < 1.29 is 13.2 Å². The molecule has 9 heteroatoms. The molecule has 0 radical (unpaired) electrons. The van der Waals surface area contributed by atoms with Gasteiger partial charge in [0, 0.05) is 25.0 Å². The van der Waals surface area contributed by atoms with E-state index < -0.39 is 15.7 Å². The number of amides is 1. The average molecular weight is 405 g/mol. The number of hydrogen-bond donors (Lipinski definition) is 0. The molecular formula is C18H20N4O3S2. The topological polar surface area (TPSA) is 86.3 Å². The van der Waals surface area contributed by atoms with Gasteiger partial charge in [-0.15, -0.1) is 6.58 Å². The minimum Gasteiger partial charge on any atom is -0.312 e. The molecule has 0 aliphatic rings. The van der Waals surface area contributed by atoms with Crippen molar-refractivity contribution in [2.75, 3.05) is 6.26 Å². The lowest BCUT2D eigenvalue weighted by molar-refractivity contribution is 0.0992. The number of thiazole rings is 1. The summed E-state index contributed by atoms with van der Waals surface area (Å²) >= 11 is 1.26. The van der Waals surface area contributed by atoms with Crippen molar-refractivity contribution in [2.45, 2.75) is 31.3 Å². The number of hydrogen-bond acceptors (Lipinski definition) is 5. The highest BCUT2D eigenvalue weighted by atomic mass is 32.2. The molecule has 3 rings (SSSR count). The highest BCUT2D eigenvalue weighted by Crippen LogP contribution is 2.22. The number of fused-ring (bicyclic) bond motifs is 1. The number of carbonyl (C=O) groups excluding carboxylic acids is 1. The summed E-state index contributed by atoms with van der Waals surface area (Å²) in [5.74, 6) is -0.442. The number of carbonyl (C=O) groups is 1. The largest absolute Gasteiger partial charge is 0.312 e. The van der Waals surface area contributed by atoms with Crippen molar-refractivity contribution >= 4 is 37.3 Å². The van der Waals surface area contributed by atoms with Crippen LogP contribution in [0.5, 0.6) is 0 Å². The Morgan fingerprint density at radius 3 is 2.70 bits per heavy atom. The van der Waals surface area contributed by atoms with Crippen molar-refractivity contribution in [2.24, 2.45) is 4.99 Å². The number of allylic oxidation sites excluding steroid dienone is 1. The van der Waals surface area contributed by atoms with Gasteiger partial charge in [0.25, 0.3) is 5.91 Å². The van der Waals surface area contributed by atoms with Gasteiger partial charge >= 0.3 is 0 Å². The van der Waals surface area contributed by atoms with E-state index in [1.807, 2.05) is 18.4 Å². The molecule has 1 amide bonds. The third kappa shape index (κ3) is 3.93. The molecule has 0 saturated carbocycles. The summed E-state index contributed by atoms with van der Waals surface area (Å²) < 4.78 is 27.9. The summed E-state index contributed by atoms with van der Waals surface area (Å²) in [6.07, 6.45) is 4.61. The summed E-state index contributed by atoms with van der Waals surface area (Å²) in [5, 5.41) is 4.25. The molecule has 0 atom stereocenters. The van der Waals surface area contributed by atoms with Crippen LogP contribution in [0.15, 0.2) is 53.0 Å². The van der Waals surface area contributed by atoms with Crippen LogP contribution in [0.25, 0.3) is 10.2 Å². The number of benzene rings is 1. The van der Waals surface area contributed by atoms with E-state index in [2.05, 4.69) is 16.7 Å². The van der Waals surface area contributed by atoms with Gasteiger partial charge in [-0.05, 0) is 38.1 Å². The zero-order valence-electron chi connectivity index (χ0n) is 15.3. The Bertz CT molecular complexity index is 1200. The van der Waals surface area contributed by atoms with E-state index in [1.54, 1.807) is 41.2 Å². The maximum Gasteiger partial charge on any atom is 0.300 e. The molecule has 0 bridgehead atoms. The molecule has 0 unspecified atom stereocenters. The Morgan fingerprint density at radius 2 is 2.11 bits per heavy atom. The lowest BCUT2D eigenvalue weighted by Crippen LogP contribution is -2.16. The zero-order valence-corrected chi connectivity index (χ0v) is 16.9. The lowest BCUT2D eigenvalue weighted by atomic mass is 10.3. The third-order valence-corrected chi connectivity index (χ3v) is 6.10. The summed E-state index contributed by atoms with van der Waals surface area (Å²) in [7, 11) is -3.31. The van der Waals surface area contributed by atoms with Gasteiger partial charge in [-0.2, -0.15) is 10.1 Å². The maximum atomic E-state index is 12.5. The van der Waals surface area contributed by atoms with E-state index in [4.69, 9.17) is 0 Å². The van der Waals surface area contributed by atoms with Gasteiger partial charge in [-0.25, -0.2) is 8.42 Å². The van der Waals surface area contributed by atoms with Crippen LogP contribution in [-0.2, 0) is 16.4 Å². The van der Waals surface area contributed by atoms with E-state index in [0.717, 1.165) is 10.2 Å². The second kappa shape index (κ2) is 7.24. The van der Waals surface area contributed by atoms with Crippen LogP contribution >= 0.6 is 11.3 Å². The first-order chi connectivity index (χ1) is 12.7. The van der Waals surface area contributed by atoms with Crippen LogP contribution < -0.4 is 4.80 Å². The monoisotopic (exact) mass is 404 g/mol. The molecule has 2 heterocycles. The van der Waals surface area contributed by atoms with Gasteiger partial charge in [0.2, 0.25) is 0 Å². The molecule has 0 aliphatic heterocycles. The van der Waals surface area contributed by atoms with E-state index in [-0.39, 0.29) is 16.6 Å². The molecule has 27 heavy (non-hydrogen) atoms. The molecule has 7 nitrogen and oxygen atoms in total. The first-order valence-corrected chi connectivity index (χ1v) is 11.0. The van der Waals surface area contributed by atoms with Gasteiger partial charge in [0.15, 0.2) is 20.3 Å². The zero-order chi connectivity index (χ0) is 19.8. The van der Waals surface area contributed by atoms with Crippen LogP contribution in [0.2, 0.25) is 0 Å². The fourth-order valence-corrected chi connectivity index (χ4v) is 4.36. The maximum absolute atomic E-state index is 12.5. The van der Waals surface area contributed by atoms with Crippen LogP contribution in [0.3, 0.4) is 0 Å². The second-order valence-electron chi connectivity index (χ2n) is 6.38. The molecule has 2 aromatic heterocycles. The molecule has 1 aromatic carbocycles. The third-order valence-electron chi connectivity index (χ3n) is 3.95. The molecule has 0 N–H and O–H groups in total. The minimum absolute atomic E-state index is 0.149. The van der Waals surface area contributed by atoms with E-state index in [1.165, 1.54) is 17.6 Å².